The largest absolute Gasteiger partial charge is 0.265 e. The molecule has 0 saturated carbocycles. The van der Waals surface area contributed by atoms with E-state index in [1.807, 2.05) is 18.2 Å². The second kappa shape index (κ2) is 4.01. The van der Waals surface area contributed by atoms with E-state index in [4.69, 9.17) is 0 Å². The first-order chi connectivity index (χ1) is 3.00. The summed E-state index contributed by atoms with van der Waals surface area (Å²) < 4.78 is 0. The molecule has 1 aromatic heterocycles. The minimum absolute atomic E-state index is 0. The second-order valence-electron chi connectivity index (χ2n) is 1.02. The van der Waals surface area contributed by atoms with Gasteiger partial charge in [-0.25, -0.2) is 0 Å². The van der Waals surface area contributed by atoms with Crippen molar-refractivity contribution in [1.82, 2.24) is 4.98 Å². The van der Waals surface area contributed by atoms with Crippen molar-refractivity contribution in [1.29, 1.82) is 0 Å². The Bertz CT molecular complexity index is 80.0. The van der Waals surface area contributed by atoms with Gasteiger partial charge in [0.25, 0.3) is 0 Å². The van der Waals surface area contributed by atoms with Crippen LogP contribution in [0.3, 0.4) is 0 Å². The van der Waals surface area contributed by atoms with E-state index in [1.54, 1.807) is 12.4 Å². The van der Waals surface area contributed by atoms with E-state index in [9.17, 15) is 0 Å². The van der Waals surface area contributed by atoms with Gasteiger partial charge < -0.3 is 0 Å². The average Bonchev–Trinajstić information content (AvgIpc) is 1.72. The topological polar surface area (TPSA) is 12.9 Å². The Morgan fingerprint density at radius 3 is 1.57 bits per heavy atom. The molecule has 0 aromatic carbocycles. The van der Waals surface area contributed by atoms with Gasteiger partial charge in [0.05, 0.1) is 0 Å². The maximum absolute atomic E-state index is 3.78. The Labute approximate surface area is 57.0 Å². The van der Waals surface area contributed by atoms with Crippen LogP contribution in [0.2, 0.25) is 0 Å². The molecule has 7 heavy (non-hydrogen) atoms. The molecule has 1 aromatic rings. The van der Waals surface area contributed by atoms with Crippen molar-refractivity contribution in [2.45, 2.75) is 0 Å². The molecule has 0 aliphatic heterocycles. The van der Waals surface area contributed by atoms with E-state index in [0.717, 1.165) is 0 Å². The summed E-state index contributed by atoms with van der Waals surface area (Å²) in [6, 6.07) is 5.72. The van der Waals surface area contributed by atoms with Crippen molar-refractivity contribution in [2.24, 2.45) is 0 Å². The van der Waals surface area contributed by atoms with Gasteiger partial charge in [-0.1, -0.05) is 6.07 Å². The number of aromatic nitrogens is 1. The number of pyridine rings is 1. The molecule has 0 aliphatic carbocycles. The Balaban J connectivity index is 0.000000360. The molecular weight excluding hydrogens is 258 g/mol. The zero-order valence-corrected chi connectivity index (χ0v) is 6.68. The maximum Gasteiger partial charge on any atom is 0.0267 e. The quantitative estimate of drug-likeness (QED) is 0.682. The first-order valence-electron chi connectivity index (χ1n) is 1.85. The van der Waals surface area contributed by atoms with Gasteiger partial charge in [0, 0.05) is 33.5 Å². The molecule has 0 N–H and O–H groups in total. The summed E-state index contributed by atoms with van der Waals surface area (Å²) >= 11 is 0. The summed E-state index contributed by atoms with van der Waals surface area (Å²) in [4.78, 5) is 3.78. The predicted molar refractivity (Wildman–Crippen MR) is 24.2 cm³/mol. The molecule has 0 radical (unpaired) electrons. The summed E-state index contributed by atoms with van der Waals surface area (Å²) in [5.74, 6) is 0. The zero-order chi connectivity index (χ0) is 4.24. The van der Waals surface area contributed by atoms with Gasteiger partial charge >= 0.3 is 0 Å². The van der Waals surface area contributed by atoms with Crippen molar-refractivity contribution < 1.29 is 21.1 Å². The predicted octanol–water partition coefficient (Wildman–Crippen LogP) is 1.08. The van der Waals surface area contributed by atoms with E-state index in [0.29, 0.717) is 0 Å². The summed E-state index contributed by atoms with van der Waals surface area (Å²) in [6.45, 7) is 0. The minimum atomic E-state index is 0. The van der Waals surface area contributed by atoms with Crippen LogP contribution in [0.15, 0.2) is 30.6 Å². The summed E-state index contributed by atoms with van der Waals surface area (Å²) in [5, 5.41) is 0. The third kappa shape index (κ3) is 2.52. The first kappa shape index (κ1) is 6.84. The molecule has 0 unspecified atom stereocenters. The fraction of sp³-hybridized carbons (Fsp3) is 0. The average molecular weight is 263 g/mol. The zero-order valence-electron chi connectivity index (χ0n) is 3.74. The van der Waals surface area contributed by atoms with Gasteiger partial charge in [0.15, 0.2) is 0 Å². The Kier molecular flexibility index (Phi) is 3.92. The van der Waals surface area contributed by atoms with Crippen LogP contribution in [0.25, 0.3) is 0 Å². The molecule has 1 rings (SSSR count). The van der Waals surface area contributed by atoms with Gasteiger partial charge in [0.2, 0.25) is 0 Å². The van der Waals surface area contributed by atoms with Crippen LogP contribution >= 0.6 is 0 Å². The van der Waals surface area contributed by atoms with Crippen molar-refractivity contribution in [2.75, 3.05) is 0 Å². The number of hydrogen-bond acceptors (Lipinski definition) is 1. The van der Waals surface area contributed by atoms with Crippen LogP contribution in [0.4, 0.5) is 0 Å². The van der Waals surface area contributed by atoms with E-state index in [2.05, 4.69) is 4.98 Å². The molecule has 0 spiro atoms. The third-order valence-corrected chi connectivity index (χ3v) is 0.566. The molecule has 36 valence electrons. The Hall–Kier alpha value is -0.162. The van der Waals surface area contributed by atoms with Crippen molar-refractivity contribution >= 4 is 0 Å². The van der Waals surface area contributed by atoms with Gasteiger partial charge in [-0.3, -0.25) is 4.98 Å². The number of rotatable bonds is 0. The summed E-state index contributed by atoms with van der Waals surface area (Å²) in [6.07, 6.45) is 3.50. The standard InChI is InChI=1S/C5H5N.W/c1-2-4-6-5-3-1;/h1-5H;. The Morgan fingerprint density at radius 1 is 0.857 bits per heavy atom. The summed E-state index contributed by atoms with van der Waals surface area (Å²) in [7, 11) is 0. The minimum Gasteiger partial charge on any atom is -0.265 e. The van der Waals surface area contributed by atoms with Crippen LogP contribution < -0.4 is 0 Å². The first-order valence-corrected chi connectivity index (χ1v) is 1.85. The molecule has 0 saturated heterocycles. The molecule has 0 atom stereocenters. The van der Waals surface area contributed by atoms with E-state index >= 15 is 0 Å². The normalized spacial score (nSPS) is 6.86. The molecule has 2 heteroatoms. The molecule has 1 heterocycles. The molecule has 0 bridgehead atoms. The van der Waals surface area contributed by atoms with Crippen LogP contribution in [-0.2, 0) is 21.1 Å². The van der Waals surface area contributed by atoms with Crippen LogP contribution in [-0.4, -0.2) is 4.98 Å². The third-order valence-electron chi connectivity index (χ3n) is 0.566. The summed E-state index contributed by atoms with van der Waals surface area (Å²) in [5.41, 5.74) is 0. The monoisotopic (exact) mass is 263 g/mol. The van der Waals surface area contributed by atoms with Gasteiger partial charge in [-0.2, -0.15) is 0 Å². The fourth-order valence-corrected chi connectivity index (χ4v) is 0.313. The smallest absolute Gasteiger partial charge is 0.0267 e. The SMILES string of the molecule is [W].c1ccncc1. The number of hydrogen-bond donors (Lipinski definition) is 0. The van der Waals surface area contributed by atoms with Crippen LogP contribution in [0, 0.1) is 0 Å². The Morgan fingerprint density at radius 2 is 1.43 bits per heavy atom. The molecule has 1 nitrogen and oxygen atoms in total. The van der Waals surface area contributed by atoms with E-state index < -0.39 is 0 Å². The van der Waals surface area contributed by atoms with Crippen LogP contribution in [0.5, 0.6) is 0 Å². The number of nitrogens with zero attached hydrogens (tertiary/aromatic N) is 1. The molecule has 0 amide bonds. The van der Waals surface area contributed by atoms with E-state index in [1.165, 1.54) is 0 Å². The maximum atomic E-state index is 3.78. The van der Waals surface area contributed by atoms with Crippen LogP contribution in [0.1, 0.15) is 0 Å². The second-order valence-corrected chi connectivity index (χ2v) is 1.02. The van der Waals surface area contributed by atoms with Gasteiger partial charge in [0.1, 0.15) is 0 Å². The fourth-order valence-electron chi connectivity index (χ4n) is 0.313. The van der Waals surface area contributed by atoms with Gasteiger partial charge in [-0.15, -0.1) is 0 Å². The molecular formula is C5H5NW. The van der Waals surface area contributed by atoms with E-state index in [-0.39, 0.29) is 21.1 Å². The van der Waals surface area contributed by atoms with Crippen molar-refractivity contribution in [3.05, 3.63) is 30.6 Å². The van der Waals surface area contributed by atoms with Crippen molar-refractivity contribution in [3.63, 3.8) is 0 Å². The molecule has 0 aliphatic rings. The van der Waals surface area contributed by atoms with Gasteiger partial charge in [-0.05, 0) is 12.1 Å². The molecule has 0 fully saturated rings. The van der Waals surface area contributed by atoms with Crippen molar-refractivity contribution in [3.8, 4) is 0 Å².